The second kappa shape index (κ2) is 7.79. The number of hydrogen-bond donors (Lipinski definition) is 0. The molecule has 2 aliphatic rings. The van der Waals surface area contributed by atoms with Crippen LogP contribution in [0.1, 0.15) is 36.8 Å². The van der Waals surface area contributed by atoms with Crippen LogP contribution in [0.2, 0.25) is 0 Å². The summed E-state index contributed by atoms with van der Waals surface area (Å²) in [5.41, 5.74) is 2.85. The third kappa shape index (κ3) is 4.35. The zero-order valence-corrected chi connectivity index (χ0v) is 15.3. The predicted molar refractivity (Wildman–Crippen MR) is 95.3 cm³/mol. The number of ether oxygens (including phenoxy) is 1. The molecule has 0 radical (unpaired) electrons. The number of nitrogens with zero attached hydrogens (tertiary/aromatic N) is 2. The van der Waals surface area contributed by atoms with Crippen molar-refractivity contribution in [3.8, 4) is 6.07 Å². The molecule has 0 saturated carbocycles. The third-order valence-electron chi connectivity index (χ3n) is 5.38. The Morgan fingerprint density at radius 3 is 2.65 bits per heavy atom. The van der Waals surface area contributed by atoms with Gasteiger partial charge in [-0.25, -0.2) is 0 Å². The van der Waals surface area contributed by atoms with Crippen LogP contribution in [-0.2, 0) is 17.6 Å². The van der Waals surface area contributed by atoms with Crippen molar-refractivity contribution in [2.75, 3.05) is 32.8 Å². The molecule has 1 saturated heterocycles. The Balaban J connectivity index is 1.49. The van der Waals surface area contributed by atoms with E-state index in [1.165, 1.54) is 15.6 Å². The fraction of sp³-hybridized carbons (Fsp3) is 0.632. The fourth-order valence-electron chi connectivity index (χ4n) is 3.78. The first kappa shape index (κ1) is 17.0. The number of halogens is 1. The lowest BCUT2D eigenvalue weighted by Crippen LogP contribution is -2.31. The zero-order valence-electron chi connectivity index (χ0n) is 13.7. The molecule has 1 aromatic rings. The van der Waals surface area contributed by atoms with Crippen LogP contribution in [0.25, 0.3) is 0 Å². The van der Waals surface area contributed by atoms with Crippen molar-refractivity contribution in [2.45, 2.75) is 38.5 Å². The van der Waals surface area contributed by atoms with Crippen LogP contribution in [-0.4, -0.2) is 37.7 Å². The first-order chi connectivity index (χ1) is 11.2. The van der Waals surface area contributed by atoms with Crippen LogP contribution >= 0.6 is 15.9 Å². The molecular weight excluding hydrogens is 352 g/mol. The van der Waals surface area contributed by atoms with E-state index in [2.05, 4.69) is 45.1 Å². The standard InChI is InChI=1S/C19H25BrN2O/c20-18-3-2-16-4-10-22(11-5-17(16)14-18)9-1-6-19(15-21)7-12-23-13-8-19/h2-3,14H,1,4-13H2. The van der Waals surface area contributed by atoms with Gasteiger partial charge in [0, 0.05) is 30.8 Å². The Labute approximate surface area is 147 Å². The molecule has 0 unspecified atom stereocenters. The van der Waals surface area contributed by atoms with Gasteiger partial charge in [-0.05, 0) is 68.3 Å². The maximum Gasteiger partial charge on any atom is 0.0691 e. The highest BCUT2D eigenvalue weighted by Gasteiger charge is 2.32. The highest BCUT2D eigenvalue weighted by Crippen LogP contribution is 2.34. The van der Waals surface area contributed by atoms with Gasteiger partial charge in [0.15, 0.2) is 0 Å². The first-order valence-corrected chi connectivity index (χ1v) is 9.49. The molecule has 0 spiro atoms. The Bertz CT molecular complexity index is 575. The van der Waals surface area contributed by atoms with E-state index >= 15 is 0 Å². The van der Waals surface area contributed by atoms with Gasteiger partial charge in [-0.1, -0.05) is 22.0 Å². The highest BCUT2D eigenvalue weighted by atomic mass is 79.9. The molecule has 0 amide bonds. The molecule has 0 atom stereocenters. The maximum atomic E-state index is 9.54. The first-order valence-electron chi connectivity index (χ1n) is 8.69. The van der Waals surface area contributed by atoms with Gasteiger partial charge in [0.1, 0.15) is 0 Å². The molecule has 0 aromatic heterocycles. The van der Waals surface area contributed by atoms with E-state index in [9.17, 15) is 5.26 Å². The van der Waals surface area contributed by atoms with Crippen molar-refractivity contribution in [1.29, 1.82) is 5.26 Å². The van der Waals surface area contributed by atoms with Gasteiger partial charge in [0.05, 0.1) is 11.5 Å². The predicted octanol–water partition coefficient (Wildman–Crippen LogP) is 3.95. The molecule has 2 heterocycles. The van der Waals surface area contributed by atoms with Crippen molar-refractivity contribution in [1.82, 2.24) is 4.90 Å². The lowest BCUT2D eigenvalue weighted by molar-refractivity contribution is 0.0350. The van der Waals surface area contributed by atoms with Crippen LogP contribution < -0.4 is 0 Å². The monoisotopic (exact) mass is 376 g/mol. The van der Waals surface area contributed by atoms with Crippen molar-refractivity contribution in [3.63, 3.8) is 0 Å². The topological polar surface area (TPSA) is 36.3 Å². The van der Waals surface area contributed by atoms with Crippen molar-refractivity contribution >= 4 is 15.9 Å². The second-order valence-corrected chi connectivity index (χ2v) is 7.78. The van der Waals surface area contributed by atoms with Crippen LogP contribution in [0.3, 0.4) is 0 Å². The molecule has 0 bridgehead atoms. The average molecular weight is 377 g/mol. The molecule has 2 aliphatic heterocycles. The van der Waals surface area contributed by atoms with Crippen molar-refractivity contribution < 1.29 is 4.74 Å². The Morgan fingerprint density at radius 2 is 1.91 bits per heavy atom. The Hall–Kier alpha value is -0.890. The summed E-state index contributed by atoms with van der Waals surface area (Å²) in [5.74, 6) is 0. The normalized spacial score (nSPS) is 21.2. The van der Waals surface area contributed by atoms with Crippen LogP contribution in [0.5, 0.6) is 0 Å². The quantitative estimate of drug-likeness (QED) is 0.797. The summed E-state index contributed by atoms with van der Waals surface area (Å²) >= 11 is 3.58. The van der Waals surface area contributed by atoms with Gasteiger partial charge >= 0.3 is 0 Å². The maximum absolute atomic E-state index is 9.54. The van der Waals surface area contributed by atoms with E-state index in [4.69, 9.17) is 4.74 Å². The molecule has 3 nitrogen and oxygen atoms in total. The van der Waals surface area contributed by atoms with E-state index in [1.54, 1.807) is 0 Å². The molecule has 4 heteroatoms. The minimum atomic E-state index is -0.127. The van der Waals surface area contributed by atoms with Crippen LogP contribution in [0.15, 0.2) is 22.7 Å². The van der Waals surface area contributed by atoms with E-state index in [0.717, 1.165) is 71.4 Å². The van der Waals surface area contributed by atoms with Crippen LogP contribution in [0, 0.1) is 16.7 Å². The van der Waals surface area contributed by atoms with Crippen molar-refractivity contribution in [2.24, 2.45) is 5.41 Å². The van der Waals surface area contributed by atoms with Gasteiger partial charge in [0.25, 0.3) is 0 Å². The number of benzene rings is 1. The van der Waals surface area contributed by atoms with Gasteiger partial charge in [-0.2, -0.15) is 5.26 Å². The summed E-state index contributed by atoms with van der Waals surface area (Å²) in [4.78, 5) is 2.57. The molecule has 3 rings (SSSR count). The lowest BCUT2D eigenvalue weighted by Gasteiger charge is -2.31. The molecule has 0 aliphatic carbocycles. The largest absolute Gasteiger partial charge is 0.381 e. The van der Waals surface area contributed by atoms with Gasteiger partial charge < -0.3 is 9.64 Å². The number of fused-ring (bicyclic) bond motifs is 1. The van der Waals surface area contributed by atoms with Gasteiger partial charge in [-0.3, -0.25) is 0 Å². The van der Waals surface area contributed by atoms with Crippen LogP contribution in [0.4, 0.5) is 0 Å². The molecular formula is C19H25BrN2O. The molecule has 1 fully saturated rings. The minimum Gasteiger partial charge on any atom is -0.381 e. The zero-order chi connectivity index (χ0) is 16.1. The summed E-state index contributed by atoms with van der Waals surface area (Å²) in [5, 5.41) is 9.54. The molecule has 124 valence electrons. The molecule has 0 N–H and O–H groups in total. The van der Waals surface area contributed by atoms with E-state index in [1.807, 2.05) is 0 Å². The third-order valence-corrected chi connectivity index (χ3v) is 5.87. The van der Waals surface area contributed by atoms with E-state index in [-0.39, 0.29) is 5.41 Å². The number of hydrogen-bond acceptors (Lipinski definition) is 3. The number of nitriles is 1. The molecule has 23 heavy (non-hydrogen) atoms. The highest BCUT2D eigenvalue weighted by molar-refractivity contribution is 9.10. The number of rotatable bonds is 4. The summed E-state index contributed by atoms with van der Waals surface area (Å²) in [7, 11) is 0. The Morgan fingerprint density at radius 1 is 1.17 bits per heavy atom. The van der Waals surface area contributed by atoms with Gasteiger partial charge in [0.2, 0.25) is 0 Å². The minimum absolute atomic E-state index is 0.127. The van der Waals surface area contributed by atoms with Gasteiger partial charge in [-0.15, -0.1) is 0 Å². The lowest BCUT2D eigenvalue weighted by atomic mass is 9.78. The van der Waals surface area contributed by atoms with Crippen molar-refractivity contribution in [3.05, 3.63) is 33.8 Å². The fourth-order valence-corrected chi connectivity index (χ4v) is 4.19. The summed E-state index contributed by atoms with van der Waals surface area (Å²) in [6, 6.07) is 9.26. The summed E-state index contributed by atoms with van der Waals surface area (Å²) in [6.45, 7) is 4.88. The molecule has 1 aromatic carbocycles. The smallest absolute Gasteiger partial charge is 0.0691 e. The SMILES string of the molecule is N#CC1(CCCN2CCc3ccc(Br)cc3CC2)CCOCC1. The average Bonchev–Trinajstić information content (AvgIpc) is 2.78. The Kier molecular flexibility index (Phi) is 5.74. The van der Waals surface area contributed by atoms with E-state index in [0.29, 0.717) is 0 Å². The summed E-state index contributed by atoms with van der Waals surface area (Å²) in [6.07, 6.45) is 6.22. The second-order valence-electron chi connectivity index (χ2n) is 6.86. The summed E-state index contributed by atoms with van der Waals surface area (Å²) < 4.78 is 6.60. The van der Waals surface area contributed by atoms with E-state index < -0.39 is 0 Å².